The van der Waals surface area contributed by atoms with Gasteiger partial charge in [0.05, 0.1) is 31.4 Å². The van der Waals surface area contributed by atoms with Crippen LogP contribution in [-0.2, 0) is 30.1 Å². The number of hydrogen-bond acceptors (Lipinski definition) is 14. The minimum absolute atomic E-state index is 0.134. The molecule has 0 saturated carbocycles. The molecule has 0 saturated heterocycles. The number of fused-ring (bicyclic) bond motifs is 3. The molecule has 0 aliphatic heterocycles. The van der Waals surface area contributed by atoms with Gasteiger partial charge >= 0.3 is 0 Å². The van der Waals surface area contributed by atoms with Crippen LogP contribution >= 0.6 is 0 Å². The molecular formula is C54H54N6O14S3. The van der Waals surface area contributed by atoms with E-state index in [9.17, 15) is 39.6 Å². The van der Waals surface area contributed by atoms with Crippen LogP contribution in [0.3, 0.4) is 0 Å². The molecule has 402 valence electrons. The minimum atomic E-state index is -3.82. The Balaban J connectivity index is 0.000000168. The van der Waals surface area contributed by atoms with E-state index in [1.165, 1.54) is 37.4 Å². The van der Waals surface area contributed by atoms with Crippen LogP contribution in [0, 0.1) is 55.4 Å². The van der Waals surface area contributed by atoms with Gasteiger partial charge in [-0.1, -0.05) is 53.1 Å². The van der Waals surface area contributed by atoms with Gasteiger partial charge in [0.15, 0.2) is 0 Å². The highest BCUT2D eigenvalue weighted by atomic mass is 32.2. The third-order valence-corrected chi connectivity index (χ3v) is 16.5. The molecule has 0 aliphatic rings. The Morgan fingerprint density at radius 1 is 0.403 bits per heavy atom. The quantitative estimate of drug-likeness (QED) is 0.0417. The summed E-state index contributed by atoms with van der Waals surface area (Å²) in [6.45, 7) is 14.0. The number of carbonyl (C=O) groups excluding carboxylic acids is 3. The maximum absolute atomic E-state index is 12.9. The average molecular weight is 1110 g/mol. The number of aryl methyl sites for hydroxylation is 8. The van der Waals surface area contributed by atoms with Gasteiger partial charge in [0.25, 0.3) is 47.8 Å². The molecule has 3 heterocycles. The molecule has 3 amide bonds. The molecule has 6 aromatic carbocycles. The Hall–Kier alpha value is -8.48. The van der Waals surface area contributed by atoms with E-state index in [-0.39, 0.29) is 43.1 Å². The summed E-state index contributed by atoms with van der Waals surface area (Å²) in [5.74, 6) is -0.615. The summed E-state index contributed by atoms with van der Waals surface area (Å²) in [6.07, 6.45) is 0. The van der Waals surface area contributed by atoms with Crippen LogP contribution in [0.4, 0.5) is 17.1 Å². The van der Waals surface area contributed by atoms with E-state index >= 15 is 0 Å². The molecule has 0 bridgehead atoms. The summed E-state index contributed by atoms with van der Waals surface area (Å²) in [7, 11) is -9.76. The second-order valence-corrected chi connectivity index (χ2v) is 22.8. The summed E-state index contributed by atoms with van der Waals surface area (Å²) in [5, 5.41) is 21.7. The van der Waals surface area contributed by atoms with E-state index in [1.54, 1.807) is 118 Å². The molecule has 8 N–H and O–H groups in total. The fraction of sp³-hybridized carbons (Fsp3) is 0.167. The summed E-state index contributed by atoms with van der Waals surface area (Å²) in [4.78, 5) is 36.3. The smallest absolute Gasteiger partial charge is 0.278 e. The molecule has 77 heavy (non-hydrogen) atoms. The SMILES string of the molecule is CNC(=O)c1c(C)oc2ccc(NS(=O)(=O)c3ccc(C)cc3)cc12.Cc1cc(C)c(S(=O)(=O)Nc2ccc3oc(C)c(C(=O)NO)c3c2)c(C)c1.Cc1ccc(S(=O)(=O)Nc2ccc3oc(C)c(C(=O)NO)c3c2)cc1. The number of carbonyl (C=O) groups is 3. The van der Waals surface area contributed by atoms with Crippen LogP contribution in [0.1, 0.15) is 76.2 Å². The van der Waals surface area contributed by atoms with E-state index < -0.39 is 41.9 Å². The van der Waals surface area contributed by atoms with Gasteiger partial charge in [0.1, 0.15) is 34.0 Å². The summed E-state index contributed by atoms with van der Waals surface area (Å²) in [5.41, 5.74) is 10.3. The number of sulfonamides is 3. The van der Waals surface area contributed by atoms with Gasteiger partial charge in [-0.25, -0.2) is 36.2 Å². The zero-order valence-electron chi connectivity index (χ0n) is 43.0. The highest BCUT2D eigenvalue weighted by Crippen LogP contribution is 2.33. The summed E-state index contributed by atoms with van der Waals surface area (Å²) in [6, 6.07) is 30.7. The van der Waals surface area contributed by atoms with Gasteiger partial charge in [0, 0.05) is 40.3 Å². The second kappa shape index (κ2) is 22.4. The molecule has 0 fully saturated rings. The molecule has 23 heteroatoms. The van der Waals surface area contributed by atoms with Gasteiger partial charge in [-0.2, -0.15) is 0 Å². The first-order valence-corrected chi connectivity index (χ1v) is 27.7. The van der Waals surface area contributed by atoms with E-state index in [0.29, 0.717) is 72.6 Å². The fourth-order valence-electron chi connectivity index (χ4n) is 8.59. The van der Waals surface area contributed by atoms with Crippen molar-refractivity contribution in [3.63, 3.8) is 0 Å². The Morgan fingerprint density at radius 3 is 1.03 bits per heavy atom. The first-order chi connectivity index (χ1) is 36.3. The van der Waals surface area contributed by atoms with Gasteiger partial charge in [0.2, 0.25) is 0 Å². The topological polar surface area (TPSA) is 306 Å². The van der Waals surface area contributed by atoms with Crippen molar-refractivity contribution >= 4 is 97.8 Å². The predicted molar refractivity (Wildman–Crippen MR) is 290 cm³/mol. The number of anilines is 3. The highest BCUT2D eigenvalue weighted by molar-refractivity contribution is 7.93. The lowest BCUT2D eigenvalue weighted by molar-refractivity contribution is 0.0701. The van der Waals surface area contributed by atoms with Crippen LogP contribution in [0.15, 0.2) is 143 Å². The Kier molecular flexibility index (Phi) is 16.4. The molecule has 9 rings (SSSR count). The van der Waals surface area contributed by atoms with E-state index in [1.807, 2.05) is 32.9 Å². The first-order valence-electron chi connectivity index (χ1n) is 23.3. The van der Waals surface area contributed by atoms with Crippen LogP contribution in [0.5, 0.6) is 0 Å². The monoisotopic (exact) mass is 1110 g/mol. The van der Waals surface area contributed by atoms with Crippen molar-refractivity contribution in [1.82, 2.24) is 16.3 Å². The molecule has 20 nitrogen and oxygen atoms in total. The molecule has 0 radical (unpaired) electrons. The lowest BCUT2D eigenvalue weighted by Crippen LogP contribution is -2.19. The number of hydroxylamine groups is 2. The van der Waals surface area contributed by atoms with Crippen LogP contribution in [0.25, 0.3) is 32.9 Å². The van der Waals surface area contributed by atoms with Crippen molar-refractivity contribution in [1.29, 1.82) is 0 Å². The van der Waals surface area contributed by atoms with E-state index in [0.717, 1.165) is 16.7 Å². The number of nitrogens with one attached hydrogen (secondary N) is 6. The molecular weight excluding hydrogens is 1050 g/mol. The van der Waals surface area contributed by atoms with E-state index in [4.69, 9.17) is 23.7 Å². The maximum Gasteiger partial charge on any atom is 0.278 e. The predicted octanol–water partition coefficient (Wildman–Crippen LogP) is 9.77. The Labute approximate surface area is 443 Å². The third-order valence-electron chi connectivity index (χ3n) is 12.0. The largest absolute Gasteiger partial charge is 0.461 e. The number of amides is 3. The summed E-state index contributed by atoms with van der Waals surface area (Å²) >= 11 is 0. The van der Waals surface area contributed by atoms with Gasteiger partial charge < -0.3 is 18.6 Å². The molecule has 3 aromatic heterocycles. The number of rotatable bonds is 12. The molecule has 0 atom stereocenters. The standard InChI is InChI=1S/C19H20N2O5S.C18H18N2O4S.C17H16N2O5S/c1-10-7-11(2)18(12(3)8-10)27(24,25)21-14-5-6-16-15(9-14)17(13(4)26-16)19(22)20-23;1-11-4-7-14(8-5-11)25(22,23)20-13-6-9-16-15(10-13)17(12(2)24-16)18(21)19-3;1-10-3-6-13(7-4-10)25(22,23)19-12-5-8-15-14(9-12)16(11(2)24-15)17(20)18-21/h5-9,21,23H,1-4H3,(H,20,22);4-10,20H,1-3H3,(H,19,21);3-9,19,21H,1-2H3,(H,18,20). The van der Waals surface area contributed by atoms with E-state index in [2.05, 4.69) is 19.5 Å². The second-order valence-electron chi connectivity index (χ2n) is 17.9. The van der Waals surface area contributed by atoms with Crippen LogP contribution in [0.2, 0.25) is 0 Å². The normalized spacial score (nSPS) is 11.5. The molecule has 9 aromatic rings. The zero-order chi connectivity index (χ0) is 56.3. The first kappa shape index (κ1) is 56.3. The van der Waals surface area contributed by atoms with Crippen molar-refractivity contribution < 1.29 is 63.3 Å². The van der Waals surface area contributed by atoms with Crippen LogP contribution < -0.4 is 30.4 Å². The van der Waals surface area contributed by atoms with Gasteiger partial charge in [-0.15, -0.1) is 0 Å². The van der Waals surface area contributed by atoms with Crippen molar-refractivity contribution in [2.24, 2.45) is 0 Å². The van der Waals surface area contributed by atoms with Crippen molar-refractivity contribution in [2.75, 3.05) is 21.2 Å². The van der Waals surface area contributed by atoms with Gasteiger partial charge in [-0.05, 0) is 145 Å². The Bertz CT molecular complexity index is 3910. The lowest BCUT2D eigenvalue weighted by atomic mass is 10.1. The third kappa shape index (κ3) is 12.3. The minimum Gasteiger partial charge on any atom is -0.461 e. The summed E-state index contributed by atoms with van der Waals surface area (Å²) < 4.78 is 99.9. The average Bonchev–Trinajstić information content (AvgIpc) is 4.02. The van der Waals surface area contributed by atoms with Crippen molar-refractivity contribution in [2.45, 2.75) is 70.1 Å². The lowest BCUT2D eigenvalue weighted by Gasteiger charge is -2.14. The maximum atomic E-state index is 12.9. The Morgan fingerprint density at radius 2 is 0.714 bits per heavy atom. The molecule has 0 spiro atoms. The van der Waals surface area contributed by atoms with Crippen LogP contribution in [-0.4, -0.2) is 60.4 Å². The zero-order valence-corrected chi connectivity index (χ0v) is 45.4. The van der Waals surface area contributed by atoms with Crippen molar-refractivity contribution in [3.8, 4) is 0 Å². The number of hydrogen-bond donors (Lipinski definition) is 8. The highest BCUT2D eigenvalue weighted by Gasteiger charge is 2.25. The van der Waals surface area contributed by atoms with Crippen molar-refractivity contribution in [3.05, 3.63) is 177 Å². The number of benzene rings is 6. The number of furan rings is 3. The van der Waals surface area contributed by atoms with Gasteiger partial charge in [-0.3, -0.25) is 39.0 Å². The molecule has 0 unspecified atom stereocenters. The molecule has 0 aliphatic carbocycles. The fourth-order valence-corrected chi connectivity index (χ4v) is 12.2.